The number of hydrogen-bond donors (Lipinski definition) is 1. The van der Waals surface area contributed by atoms with E-state index in [2.05, 4.69) is 29.3 Å². The van der Waals surface area contributed by atoms with Crippen molar-refractivity contribution in [2.45, 2.75) is 38.5 Å². The molecule has 0 aromatic heterocycles. The number of amides is 1. The minimum absolute atomic E-state index is 0.00870. The van der Waals surface area contributed by atoms with Gasteiger partial charge in [0.25, 0.3) is 0 Å². The molecule has 27 heavy (non-hydrogen) atoms. The zero-order valence-electron chi connectivity index (χ0n) is 16.5. The molecule has 5 nitrogen and oxygen atoms in total. The van der Waals surface area contributed by atoms with E-state index in [1.165, 1.54) is 0 Å². The summed E-state index contributed by atoms with van der Waals surface area (Å²) in [7, 11) is 5.64. The number of carbonyl (C=O) groups is 1. The number of benzene rings is 2. The smallest absolute Gasteiger partial charge is 0.222 e. The van der Waals surface area contributed by atoms with Crippen LogP contribution in [0.2, 0.25) is 0 Å². The topological polar surface area (TPSA) is 50.8 Å². The number of nitrogens with one attached hydrogen (secondary N) is 1. The van der Waals surface area contributed by atoms with Gasteiger partial charge in [0.1, 0.15) is 17.6 Å². The van der Waals surface area contributed by atoms with Gasteiger partial charge in [-0.3, -0.25) is 4.79 Å². The third kappa shape index (κ3) is 4.61. The van der Waals surface area contributed by atoms with Gasteiger partial charge < -0.3 is 19.7 Å². The molecule has 1 N–H and O–H groups in total. The van der Waals surface area contributed by atoms with Crippen LogP contribution in [0, 0.1) is 0 Å². The summed E-state index contributed by atoms with van der Waals surface area (Å²) in [5.41, 5.74) is 3.22. The number of ether oxygens (including phenoxy) is 2. The molecule has 2 atom stereocenters. The molecule has 1 heterocycles. The van der Waals surface area contributed by atoms with E-state index in [1.807, 2.05) is 44.4 Å². The monoisotopic (exact) mass is 368 g/mol. The molecule has 0 aliphatic carbocycles. The van der Waals surface area contributed by atoms with E-state index in [4.69, 9.17) is 9.47 Å². The highest BCUT2D eigenvalue weighted by Crippen LogP contribution is 2.35. The maximum Gasteiger partial charge on any atom is 0.222 e. The highest BCUT2D eigenvalue weighted by atomic mass is 16.5. The summed E-state index contributed by atoms with van der Waals surface area (Å²) in [5, 5.41) is 3.03. The van der Waals surface area contributed by atoms with Crippen LogP contribution < -0.4 is 14.8 Å². The predicted molar refractivity (Wildman–Crippen MR) is 106 cm³/mol. The first-order valence-corrected chi connectivity index (χ1v) is 9.32. The zero-order chi connectivity index (χ0) is 19.4. The van der Waals surface area contributed by atoms with Crippen LogP contribution in [0.4, 0.5) is 0 Å². The number of rotatable bonds is 7. The molecule has 144 valence electrons. The molecular formula is C22H28N2O3. The Bertz CT molecular complexity index is 790. The Labute approximate surface area is 161 Å². The van der Waals surface area contributed by atoms with Crippen molar-refractivity contribution >= 4 is 5.91 Å². The van der Waals surface area contributed by atoms with E-state index >= 15 is 0 Å². The molecule has 0 spiro atoms. The Kier molecular flexibility index (Phi) is 6.01. The summed E-state index contributed by atoms with van der Waals surface area (Å²) in [6.45, 7) is 2.47. The molecule has 0 bridgehead atoms. The summed E-state index contributed by atoms with van der Waals surface area (Å²) in [4.78, 5) is 14.6. The van der Waals surface area contributed by atoms with Crippen molar-refractivity contribution in [1.29, 1.82) is 0 Å². The van der Waals surface area contributed by atoms with E-state index in [9.17, 15) is 4.79 Å². The van der Waals surface area contributed by atoms with Crippen molar-refractivity contribution in [1.82, 2.24) is 10.2 Å². The zero-order valence-corrected chi connectivity index (χ0v) is 16.5. The van der Waals surface area contributed by atoms with E-state index < -0.39 is 0 Å². The summed E-state index contributed by atoms with van der Waals surface area (Å²) in [6, 6.07) is 14.1. The lowest BCUT2D eigenvalue weighted by Crippen LogP contribution is -2.29. The van der Waals surface area contributed by atoms with Gasteiger partial charge in [0.15, 0.2) is 0 Å². The molecule has 0 unspecified atom stereocenters. The third-order valence-electron chi connectivity index (χ3n) is 4.96. The molecule has 2 aromatic rings. The highest BCUT2D eigenvalue weighted by Gasteiger charge is 2.22. The summed E-state index contributed by atoms with van der Waals surface area (Å²) >= 11 is 0. The average Bonchev–Trinajstić information content (AvgIpc) is 3.02. The number of hydrogen-bond acceptors (Lipinski definition) is 4. The molecule has 0 saturated carbocycles. The Balaban J connectivity index is 1.66. The lowest BCUT2D eigenvalue weighted by molar-refractivity contribution is -0.122. The van der Waals surface area contributed by atoms with Gasteiger partial charge in [0, 0.05) is 36.6 Å². The van der Waals surface area contributed by atoms with Crippen molar-refractivity contribution in [3.8, 4) is 11.5 Å². The predicted octanol–water partition coefficient (Wildman–Crippen LogP) is 3.33. The largest absolute Gasteiger partial charge is 0.496 e. The van der Waals surface area contributed by atoms with Crippen molar-refractivity contribution in [3.63, 3.8) is 0 Å². The maximum atomic E-state index is 12.6. The maximum absolute atomic E-state index is 12.6. The first-order chi connectivity index (χ1) is 13.0. The van der Waals surface area contributed by atoms with Gasteiger partial charge in [-0.1, -0.05) is 30.3 Å². The lowest BCUT2D eigenvalue weighted by atomic mass is 10.0. The van der Waals surface area contributed by atoms with E-state index in [0.29, 0.717) is 13.0 Å². The number of carbonyl (C=O) groups excluding carboxylic acids is 1. The van der Waals surface area contributed by atoms with Crippen LogP contribution in [0.3, 0.4) is 0 Å². The van der Waals surface area contributed by atoms with Crippen LogP contribution in [0.25, 0.3) is 0 Å². The molecule has 1 aliphatic rings. The SMILES string of the molecule is COc1cc2c(cc1CNC(=O)C[C@H](c1ccccc1)N(C)C)O[C@H](C)C2. The molecular weight excluding hydrogens is 340 g/mol. The van der Waals surface area contributed by atoms with Crippen LogP contribution in [-0.2, 0) is 17.8 Å². The molecule has 3 rings (SSSR count). The van der Waals surface area contributed by atoms with Gasteiger partial charge in [0.05, 0.1) is 7.11 Å². The standard InChI is InChI=1S/C22H28N2O3/c1-15-10-17-11-20(26-4)18(12-21(17)27-15)14-23-22(25)13-19(24(2)3)16-8-6-5-7-9-16/h5-9,11-12,15,19H,10,13-14H2,1-4H3,(H,23,25)/t15-,19-/m1/s1. The second-order valence-electron chi connectivity index (χ2n) is 7.28. The molecule has 2 aromatic carbocycles. The first-order valence-electron chi connectivity index (χ1n) is 9.32. The summed E-state index contributed by atoms with van der Waals surface area (Å²) < 4.78 is 11.3. The number of nitrogens with zero attached hydrogens (tertiary/aromatic N) is 1. The molecule has 0 fully saturated rings. The average molecular weight is 368 g/mol. The first kappa shape index (κ1) is 19.2. The minimum atomic E-state index is 0.00870. The quantitative estimate of drug-likeness (QED) is 0.814. The highest BCUT2D eigenvalue weighted by molar-refractivity contribution is 5.77. The normalized spacial score (nSPS) is 16.6. The molecule has 1 aliphatic heterocycles. The fourth-order valence-corrected chi connectivity index (χ4v) is 3.52. The van der Waals surface area contributed by atoms with Gasteiger partial charge in [-0.15, -0.1) is 0 Å². The second kappa shape index (κ2) is 8.44. The fraction of sp³-hybridized carbons (Fsp3) is 0.409. The van der Waals surface area contributed by atoms with Crippen LogP contribution in [0.5, 0.6) is 11.5 Å². The van der Waals surface area contributed by atoms with Gasteiger partial charge in [0.2, 0.25) is 5.91 Å². The fourth-order valence-electron chi connectivity index (χ4n) is 3.52. The molecule has 0 saturated heterocycles. The summed E-state index contributed by atoms with van der Waals surface area (Å²) in [6.07, 6.45) is 1.47. The van der Waals surface area contributed by atoms with E-state index in [0.717, 1.165) is 34.6 Å². The third-order valence-corrected chi connectivity index (χ3v) is 4.96. The van der Waals surface area contributed by atoms with E-state index in [-0.39, 0.29) is 18.1 Å². The Morgan fingerprint density at radius 3 is 2.70 bits per heavy atom. The molecule has 5 heteroatoms. The van der Waals surface area contributed by atoms with Crippen LogP contribution in [-0.4, -0.2) is 38.1 Å². The van der Waals surface area contributed by atoms with Crippen LogP contribution in [0.15, 0.2) is 42.5 Å². The van der Waals surface area contributed by atoms with Crippen molar-refractivity contribution in [2.24, 2.45) is 0 Å². The lowest BCUT2D eigenvalue weighted by Gasteiger charge is -2.24. The van der Waals surface area contributed by atoms with Crippen LogP contribution in [0.1, 0.15) is 36.1 Å². The summed E-state index contributed by atoms with van der Waals surface area (Å²) in [5.74, 6) is 1.69. The Hall–Kier alpha value is -2.53. The molecule has 1 amide bonds. The van der Waals surface area contributed by atoms with Crippen molar-refractivity contribution < 1.29 is 14.3 Å². The van der Waals surface area contributed by atoms with Gasteiger partial charge >= 0.3 is 0 Å². The minimum Gasteiger partial charge on any atom is -0.496 e. The van der Waals surface area contributed by atoms with Crippen LogP contribution >= 0.6 is 0 Å². The number of methoxy groups -OCH3 is 1. The van der Waals surface area contributed by atoms with Gasteiger partial charge in [-0.25, -0.2) is 0 Å². The van der Waals surface area contributed by atoms with Gasteiger partial charge in [-0.2, -0.15) is 0 Å². The van der Waals surface area contributed by atoms with Crippen molar-refractivity contribution in [3.05, 3.63) is 59.2 Å². The number of fused-ring (bicyclic) bond motifs is 1. The molecule has 0 radical (unpaired) electrons. The Morgan fingerprint density at radius 1 is 1.30 bits per heavy atom. The second-order valence-corrected chi connectivity index (χ2v) is 7.28. The Morgan fingerprint density at radius 2 is 2.04 bits per heavy atom. The van der Waals surface area contributed by atoms with Crippen molar-refractivity contribution in [2.75, 3.05) is 21.2 Å². The van der Waals surface area contributed by atoms with E-state index in [1.54, 1.807) is 7.11 Å². The van der Waals surface area contributed by atoms with Gasteiger partial charge in [-0.05, 0) is 38.7 Å².